The summed E-state index contributed by atoms with van der Waals surface area (Å²) in [5.41, 5.74) is -0.625. The first-order valence-electron chi connectivity index (χ1n) is 4.39. The molecule has 1 saturated carbocycles. The second kappa shape index (κ2) is 2.90. The van der Waals surface area contributed by atoms with Crippen LogP contribution < -0.4 is 0 Å². The number of rotatable bonds is 1. The summed E-state index contributed by atoms with van der Waals surface area (Å²) in [6, 6.07) is 3.56. The fraction of sp³-hybridized carbons (Fsp3) is 0.400. The Morgan fingerprint density at radius 2 is 1.86 bits per heavy atom. The lowest BCUT2D eigenvalue weighted by Crippen LogP contribution is -2.08. The van der Waals surface area contributed by atoms with Crippen molar-refractivity contribution in [3.8, 4) is 5.75 Å². The molecule has 1 fully saturated rings. The van der Waals surface area contributed by atoms with Crippen LogP contribution in [0.1, 0.15) is 29.9 Å². The molecule has 0 unspecified atom stereocenters. The normalized spacial score (nSPS) is 17.1. The molecule has 4 heteroatoms. The van der Waals surface area contributed by atoms with Crippen LogP contribution in [0.4, 0.5) is 13.2 Å². The molecule has 14 heavy (non-hydrogen) atoms. The number of hydrogen-bond acceptors (Lipinski definition) is 1. The third kappa shape index (κ3) is 1.56. The van der Waals surface area contributed by atoms with Crippen LogP contribution in [0.5, 0.6) is 5.75 Å². The average molecular weight is 202 g/mol. The summed E-state index contributed by atoms with van der Waals surface area (Å²) in [6.45, 7) is 0. The van der Waals surface area contributed by atoms with Gasteiger partial charge in [-0.2, -0.15) is 13.2 Å². The molecule has 1 aromatic rings. The van der Waals surface area contributed by atoms with E-state index in [0.717, 1.165) is 18.9 Å². The van der Waals surface area contributed by atoms with Gasteiger partial charge in [-0.25, -0.2) is 0 Å². The molecule has 0 saturated heterocycles. The van der Waals surface area contributed by atoms with Crippen LogP contribution in [0, 0.1) is 0 Å². The van der Waals surface area contributed by atoms with Crippen molar-refractivity contribution in [2.24, 2.45) is 0 Å². The quantitative estimate of drug-likeness (QED) is 0.740. The van der Waals surface area contributed by atoms with Crippen LogP contribution in [0.3, 0.4) is 0 Å². The van der Waals surface area contributed by atoms with Crippen molar-refractivity contribution in [2.45, 2.75) is 24.9 Å². The molecule has 0 radical (unpaired) electrons. The van der Waals surface area contributed by atoms with Gasteiger partial charge in [-0.15, -0.1) is 0 Å². The molecule has 1 aliphatic carbocycles. The molecule has 0 aromatic heterocycles. The molecule has 0 heterocycles. The predicted molar refractivity (Wildman–Crippen MR) is 45.1 cm³/mol. The summed E-state index contributed by atoms with van der Waals surface area (Å²) in [5.74, 6) is -0.338. The number of phenols is 1. The van der Waals surface area contributed by atoms with Crippen molar-refractivity contribution < 1.29 is 18.3 Å². The van der Waals surface area contributed by atoms with E-state index in [1.807, 2.05) is 0 Å². The molecular formula is C10H9F3O. The largest absolute Gasteiger partial charge is 0.508 e. The summed E-state index contributed by atoms with van der Waals surface area (Å²) in [5, 5.41) is 9.37. The van der Waals surface area contributed by atoms with Crippen LogP contribution in [0.25, 0.3) is 0 Å². The van der Waals surface area contributed by atoms with Gasteiger partial charge in [0.15, 0.2) is 0 Å². The highest BCUT2D eigenvalue weighted by atomic mass is 19.4. The third-order valence-electron chi connectivity index (χ3n) is 2.37. The van der Waals surface area contributed by atoms with Gasteiger partial charge in [0.05, 0.1) is 5.56 Å². The Kier molecular flexibility index (Phi) is 1.94. The molecule has 2 rings (SSSR count). The van der Waals surface area contributed by atoms with Crippen LogP contribution >= 0.6 is 0 Å². The van der Waals surface area contributed by atoms with Crippen LogP contribution in [0.2, 0.25) is 0 Å². The van der Waals surface area contributed by atoms with E-state index < -0.39 is 11.7 Å². The lowest BCUT2D eigenvalue weighted by atomic mass is 10.0. The van der Waals surface area contributed by atoms with E-state index in [-0.39, 0.29) is 17.2 Å². The van der Waals surface area contributed by atoms with Crippen molar-refractivity contribution in [3.05, 3.63) is 29.3 Å². The van der Waals surface area contributed by atoms with Crippen molar-refractivity contribution in [1.82, 2.24) is 0 Å². The van der Waals surface area contributed by atoms with Gasteiger partial charge in [0.25, 0.3) is 0 Å². The summed E-state index contributed by atoms with van der Waals surface area (Å²) >= 11 is 0. The van der Waals surface area contributed by atoms with E-state index >= 15 is 0 Å². The maximum Gasteiger partial charge on any atom is 0.416 e. The zero-order chi connectivity index (χ0) is 10.3. The SMILES string of the molecule is Oc1cccc(C(F)(F)F)c1C1CC1. The highest BCUT2D eigenvalue weighted by Crippen LogP contribution is 2.49. The lowest BCUT2D eigenvalue weighted by molar-refractivity contribution is -0.138. The van der Waals surface area contributed by atoms with Gasteiger partial charge >= 0.3 is 6.18 Å². The highest BCUT2D eigenvalue weighted by Gasteiger charge is 2.39. The lowest BCUT2D eigenvalue weighted by Gasteiger charge is -2.13. The number of halogens is 3. The molecule has 1 nitrogen and oxygen atoms in total. The Balaban J connectivity index is 2.53. The van der Waals surface area contributed by atoms with Crippen LogP contribution in [-0.4, -0.2) is 5.11 Å². The number of benzene rings is 1. The smallest absolute Gasteiger partial charge is 0.416 e. The number of aromatic hydroxyl groups is 1. The fourth-order valence-electron chi connectivity index (χ4n) is 1.60. The third-order valence-corrected chi connectivity index (χ3v) is 2.37. The second-order valence-corrected chi connectivity index (χ2v) is 3.51. The molecule has 0 amide bonds. The molecule has 1 aromatic carbocycles. The fourth-order valence-corrected chi connectivity index (χ4v) is 1.60. The van der Waals surface area contributed by atoms with E-state index in [2.05, 4.69) is 0 Å². The molecule has 76 valence electrons. The van der Waals surface area contributed by atoms with Gasteiger partial charge in [0.2, 0.25) is 0 Å². The number of phenolic OH excluding ortho intramolecular Hbond substituents is 1. The van der Waals surface area contributed by atoms with Gasteiger partial charge in [-0.05, 0) is 30.9 Å². The van der Waals surface area contributed by atoms with E-state index in [1.54, 1.807) is 0 Å². The summed E-state index contributed by atoms with van der Waals surface area (Å²) < 4.78 is 37.5. The number of hydrogen-bond donors (Lipinski definition) is 1. The van der Waals surface area contributed by atoms with Crippen LogP contribution in [0.15, 0.2) is 18.2 Å². The Morgan fingerprint density at radius 3 is 2.36 bits per heavy atom. The van der Waals surface area contributed by atoms with Crippen molar-refractivity contribution in [1.29, 1.82) is 0 Å². The van der Waals surface area contributed by atoms with Gasteiger partial charge in [-0.3, -0.25) is 0 Å². The minimum atomic E-state index is -4.36. The first-order valence-corrected chi connectivity index (χ1v) is 4.39. The summed E-state index contributed by atoms with van der Waals surface area (Å²) in [7, 11) is 0. The Morgan fingerprint density at radius 1 is 1.21 bits per heavy atom. The maximum absolute atomic E-state index is 12.5. The molecule has 1 N–H and O–H groups in total. The molecule has 0 spiro atoms. The Hall–Kier alpha value is -1.19. The van der Waals surface area contributed by atoms with Gasteiger partial charge in [-0.1, -0.05) is 6.07 Å². The zero-order valence-corrected chi connectivity index (χ0v) is 7.30. The minimum absolute atomic E-state index is 0.0694. The van der Waals surface area contributed by atoms with Crippen molar-refractivity contribution >= 4 is 0 Å². The molecule has 0 atom stereocenters. The van der Waals surface area contributed by atoms with E-state index in [1.165, 1.54) is 12.1 Å². The van der Waals surface area contributed by atoms with Gasteiger partial charge in [0, 0.05) is 5.56 Å². The summed E-state index contributed by atoms with van der Waals surface area (Å²) in [4.78, 5) is 0. The van der Waals surface area contributed by atoms with Crippen LogP contribution in [-0.2, 0) is 6.18 Å². The van der Waals surface area contributed by atoms with E-state index in [9.17, 15) is 18.3 Å². The van der Waals surface area contributed by atoms with E-state index in [0.29, 0.717) is 0 Å². The second-order valence-electron chi connectivity index (χ2n) is 3.51. The predicted octanol–water partition coefficient (Wildman–Crippen LogP) is 3.29. The zero-order valence-electron chi connectivity index (χ0n) is 7.30. The Labute approximate surface area is 79.2 Å². The number of alkyl halides is 3. The first kappa shape index (κ1) is 9.37. The molecule has 0 bridgehead atoms. The van der Waals surface area contributed by atoms with Gasteiger partial charge in [0.1, 0.15) is 5.75 Å². The average Bonchev–Trinajstić information content (AvgIpc) is 2.85. The molecule has 0 aliphatic heterocycles. The maximum atomic E-state index is 12.5. The molecule has 1 aliphatic rings. The monoisotopic (exact) mass is 202 g/mol. The summed E-state index contributed by atoms with van der Waals surface area (Å²) in [6.07, 6.45) is -2.89. The molecular weight excluding hydrogens is 193 g/mol. The topological polar surface area (TPSA) is 20.2 Å². The van der Waals surface area contributed by atoms with Crippen molar-refractivity contribution in [2.75, 3.05) is 0 Å². The standard InChI is InChI=1S/C10H9F3O/c11-10(12,13)7-2-1-3-8(14)9(7)6-4-5-6/h1-3,6,14H,4-5H2. The first-order chi connectivity index (χ1) is 6.50. The Bertz CT molecular complexity index is 353. The van der Waals surface area contributed by atoms with Gasteiger partial charge < -0.3 is 5.11 Å². The van der Waals surface area contributed by atoms with Crippen molar-refractivity contribution in [3.63, 3.8) is 0 Å². The highest BCUT2D eigenvalue weighted by molar-refractivity contribution is 5.45. The van der Waals surface area contributed by atoms with E-state index in [4.69, 9.17) is 0 Å². The minimum Gasteiger partial charge on any atom is -0.508 e.